The van der Waals surface area contributed by atoms with E-state index in [1.165, 1.54) is 0 Å². The van der Waals surface area contributed by atoms with Crippen LogP contribution in [0, 0.1) is 5.92 Å². The summed E-state index contributed by atoms with van der Waals surface area (Å²) in [5.74, 6) is 2.17. The van der Waals surface area contributed by atoms with E-state index in [1.807, 2.05) is 54.6 Å². The van der Waals surface area contributed by atoms with E-state index >= 15 is 0 Å². The molecular formula is C21H20N2O2. The van der Waals surface area contributed by atoms with Crippen molar-refractivity contribution in [1.29, 1.82) is 0 Å². The second-order valence-corrected chi connectivity index (χ2v) is 6.61. The maximum Gasteiger partial charge on any atom is 0.254 e. The molecule has 4 heteroatoms. The molecule has 1 unspecified atom stereocenters. The molecule has 0 saturated carbocycles. The normalized spacial score (nSPS) is 15.8. The molecule has 0 bridgehead atoms. The molecule has 2 heterocycles. The summed E-state index contributed by atoms with van der Waals surface area (Å²) < 4.78 is 7.59. The first-order valence-corrected chi connectivity index (χ1v) is 8.57. The molecule has 0 fully saturated rings. The van der Waals surface area contributed by atoms with Crippen LogP contribution in [0.15, 0.2) is 65.5 Å². The molecule has 0 amide bonds. The number of ether oxygens (including phenoxy) is 1. The number of benzene rings is 2. The molecule has 0 spiro atoms. The summed E-state index contributed by atoms with van der Waals surface area (Å²) in [4.78, 5) is 17.0. The monoisotopic (exact) mass is 332 g/mol. The summed E-state index contributed by atoms with van der Waals surface area (Å²) in [6, 6.07) is 19.5. The molecule has 1 aromatic heterocycles. The molecular weight excluding hydrogens is 312 g/mol. The van der Waals surface area contributed by atoms with Gasteiger partial charge < -0.3 is 4.74 Å². The quantitative estimate of drug-likeness (QED) is 0.732. The van der Waals surface area contributed by atoms with Gasteiger partial charge in [0.2, 0.25) is 0 Å². The number of nitrogens with zero attached hydrogens (tertiary/aromatic N) is 2. The molecule has 3 aromatic rings. The molecule has 0 saturated heterocycles. The van der Waals surface area contributed by atoms with Crippen molar-refractivity contribution in [3.8, 4) is 17.0 Å². The molecule has 4 rings (SSSR count). The van der Waals surface area contributed by atoms with Gasteiger partial charge in [0.25, 0.3) is 5.56 Å². The Labute approximate surface area is 146 Å². The smallest absolute Gasteiger partial charge is 0.254 e. The number of fused-ring (bicyclic) bond motifs is 1. The maximum atomic E-state index is 12.3. The summed E-state index contributed by atoms with van der Waals surface area (Å²) in [6.07, 6.45) is 0.862. The van der Waals surface area contributed by atoms with Gasteiger partial charge in [-0.2, -0.15) is 0 Å². The Morgan fingerprint density at radius 3 is 2.64 bits per heavy atom. The highest BCUT2D eigenvalue weighted by Crippen LogP contribution is 2.23. The van der Waals surface area contributed by atoms with E-state index in [1.54, 1.807) is 10.6 Å². The first-order valence-electron chi connectivity index (χ1n) is 8.57. The molecule has 4 nitrogen and oxygen atoms in total. The Morgan fingerprint density at radius 2 is 1.88 bits per heavy atom. The Hall–Kier alpha value is -2.88. The van der Waals surface area contributed by atoms with Gasteiger partial charge in [0.15, 0.2) is 0 Å². The summed E-state index contributed by atoms with van der Waals surface area (Å²) in [5.41, 5.74) is 2.84. The van der Waals surface area contributed by atoms with E-state index in [0.29, 0.717) is 12.5 Å². The molecule has 2 aromatic carbocycles. The molecule has 25 heavy (non-hydrogen) atoms. The van der Waals surface area contributed by atoms with Crippen molar-refractivity contribution in [3.05, 3.63) is 82.4 Å². The van der Waals surface area contributed by atoms with E-state index in [9.17, 15) is 4.79 Å². The van der Waals surface area contributed by atoms with E-state index in [0.717, 1.165) is 41.4 Å². The van der Waals surface area contributed by atoms with Crippen LogP contribution in [-0.2, 0) is 19.6 Å². The van der Waals surface area contributed by atoms with Crippen LogP contribution in [0.2, 0.25) is 0 Å². The SMILES string of the molecule is CC1Cc2nc(-c3ccc(OCc4ccccc4)cc3)cc(=O)n2C1. The van der Waals surface area contributed by atoms with Crippen molar-refractivity contribution in [2.75, 3.05) is 0 Å². The predicted molar refractivity (Wildman–Crippen MR) is 97.6 cm³/mol. The summed E-state index contributed by atoms with van der Waals surface area (Å²) in [5, 5.41) is 0. The fourth-order valence-corrected chi connectivity index (χ4v) is 3.20. The molecule has 1 aliphatic heterocycles. The average molecular weight is 332 g/mol. The Kier molecular flexibility index (Phi) is 4.10. The van der Waals surface area contributed by atoms with Crippen LogP contribution in [0.3, 0.4) is 0 Å². The van der Waals surface area contributed by atoms with Crippen molar-refractivity contribution in [3.63, 3.8) is 0 Å². The fourth-order valence-electron chi connectivity index (χ4n) is 3.20. The first kappa shape index (κ1) is 15.6. The average Bonchev–Trinajstić information content (AvgIpc) is 3.02. The standard InChI is InChI=1S/C21H20N2O2/c1-15-11-20-22-19(12-21(24)23(20)13-15)17-7-9-18(10-8-17)25-14-16-5-3-2-4-6-16/h2-10,12,15H,11,13-14H2,1H3. The Morgan fingerprint density at radius 1 is 1.12 bits per heavy atom. The van der Waals surface area contributed by atoms with Gasteiger partial charge in [-0.3, -0.25) is 9.36 Å². The van der Waals surface area contributed by atoms with Crippen molar-refractivity contribution < 1.29 is 4.74 Å². The van der Waals surface area contributed by atoms with Crippen LogP contribution >= 0.6 is 0 Å². The van der Waals surface area contributed by atoms with Gasteiger partial charge in [-0.25, -0.2) is 4.98 Å². The van der Waals surface area contributed by atoms with Crippen LogP contribution in [-0.4, -0.2) is 9.55 Å². The number of rotatable bonds is 4. The summed E-state index contributed by atoms with van der Waals surface area (Å²) >= 11 is 0. The Balaban J connectivity index is 1.52. The van der Waals surface area contributed by atoms with E-state index in [4.69, 9.17) is 4.74 Å². The van der Waals surface area contributed by atoms with Gasteiger partial charge in [-0.1, -0.05) is 37.3 Å². The van der Waals surface area contributed by atoms with Crippen LogP contribution in [0.1, 0.15) is 18.3 Å². The van der Waals surface area contributed by atoms with E-state index < -0.39 is 0 Å². The highest BCUT2D eigenvalue weighted by atomic mass is 16.5. The highest BCUT2D eigenvalue weighted by molar-refractivity contribution is 5.59. The van der Waals surface area contributed by atoms with Crippen LogP contribution in [0.5, 0.6) is 5.75 Å². The van der Waals surface area contributed by atoms with Gasteiger partial charge in [-0.05, 0) is 35.7 Å². The molecule has 0 aliphatic carbocycles. The van der Waals surface area contributed by atoms with Crippen LogP contribution in [0.4, 0.5) is 0 Å². The zero-order valence-electron chi connectivity index (χ0n) is 14.2. The second kappa shape index (κ2) is 6.55. The highest BCUT2D eigenvalue weighted by Gasteiger charge is 2.20. The zero-order valence-corrected chi connectivity index (χ0v) is 14.2. The molecule has 0 N–H and O–H groups in total. The van der Waals surface area contributed by atoms with Gasteiger partial charge in [0.1, 0.15) is 18.2 Å². The fraction of sp³-hybridized carbons (Fsp3) is 0.238. The third-order valence-corrected chi connectivity index (χ3v) is 4.51. The minimum absolute atomic E-state index is 0.0359. The number of aromatic nitrogens is 2. The summed E-state index contributed by atoms with van der Waals surface area (Å²) in [6.45, 7) is 3.46. The third-order valence-electron chi connectivity index (χ3n) is 4.51. The number of hydrogen-bond acceptors (Lipinski definition) is 3. The lowest BCUT2D eigenvalue weighted by Crippen LogP contribution is -2.20. The van der Waals surface area contributed by atoms with Crippen LogP contribution in [0.25, 0.3) is 11.3 Å². The van der Waals surface area contributed by atoms with Crippen LogP contribution < -0.4 is 10.3 Å². The largest absolute Gasteiger partial charge is 0.489 e. The predicted octanol–water partition coefficient (Wildman–Crippen LogP) is 3.68. The summed E-state index contributed by atoms with van der Waals surface area (Å²) in [7, 11) is 0. The Bertz CT molecular complexity index is 930. The van der Waals surface area contributed by atoms with Gasteiger partial charge in [-0.15, -0.1) is 0 Å². The van der Waals surface area contributed by atoms with E-state index in [2.05, 4.69) is 11.9 Å². The second-order valence-electron chi connectivity index (χ2n) is 6.61. The lowest BCUT2D eigenvalue weighted by Gasteiger charge is -2.08. The van der Waals surface area contributed by atoms with Crippen molar-refractivity contribution in [2.45, 2.75) is 26.5 Å². The van der Waals surface area contributed by atoms with E-state index in [-0.39, 0.29) is 5.56 Å². The van der Waals surface area contributed by atoms with Crippen molar-refractivity contribution in [1.82, 2.24) is 9.55 Å². The van der Waals surface area contributed by atoms with Gasteiger partial charge in [0, 0.05) is 24.6 Å². The molecule has 1 aliphatic rings. The maximum absolute atomic E-state index is 12.3. The van der Waals surface area contributed by atoms with Gasteiger partial charge >= 0.3 is 0 Å². The topological polar surface area (TPSA) is 44.1 Å². The minimum atomic E-state index is 0.0359. The lowest BCUT2D eigenvalue weighted by molar-refractivity contribution is 0.306. The molecule has 1 atom stereocenters. The lowest BCUT2D eigenvalue weighted by atomic mass is 10.1. The third kappa shape index (κ3) is 3.33. The molecule has 126 valence electrons. The van der Waals surface area contributed by atoms with Crippen molar-refractivity contribution in [2.24, 2.45) is 5.92 Å². The minimum Gasteiger partial charge on any atom is -0.489 e. The first-order chi connectivity index (χ1) is 12.2. The zero-order chi connectivity index (χ0) is 17.2. The van der Waals surface area contributed by atoms with Crippen molar-refractivity contribution >= 4 is 0 Å². The van der Waals surface area contributed by atoms with Gasteiger partial charge in [0.05, 0.1) is 5.69 Å². The number of hydrogen-bond donors (Lipinski definition) is 0. The molecule has 0 radical (unpaired) electrons.